The van der Waals surface area contributed by atoms with Crippen LogP contribution in [-0.2, 0) is 16.6 Å². The molecular formula is C14H25N3O2S2. The van der Waals surface area contributed by atoms with Crippen molar-refractivity contribution in [3.05, 3.63) is 16.3 Å². The zero-order valence-corrected chi connectivity index (χ0v) is 14.2. The zero-order chi connectivity index (χ0) is 15.1. The third kappa shape index (κ3) is 5.03. The lowest BCUT2D eigenvalue weighted by atomic mass is 10.4. The van der Waals surface area contributed by atoms with Crippen LogP contribution in [0.25, 0.3) is 0 Å². The predicted octanol–water partition coefficient (Wildman–Crippen LogP) is 1.62. The minimum absolute atomic E-state index is 0.428. The molecule has 1 fully saturated rings. The molecule has 0 aromatic carbocycles. The summed E-state index contributed by atoms with van der Waals surface area (Å²) in [6, 6.07) is 1.70. The lowest BCUT2D eigenvalue weighted by Crippen LogP contribution is -2.33. The Hall–Kier alpha value is -0.470. The zero-order valence-electron chi connectivity index (χ0n) is 12.6. The van der Waals surface area contributed by atoms with Gasteiger partial charge in [-0.3, -0.25) is 0 Å². The number of nitrogens with one attached hydrogen (secondary N) is 2. The maximum Gasteiger partial charge on any atom is 0.241 e. The van der Waals surface area contributed by atoms with Gasteiger partial charge in [0.1, 0.15) is 0 Å². The average Bonchev–Trinajstić information content (AvgIpc) is 3.10. The summed E-state index contributed by atoms with van der Waals surface area (Å²) in [5.74, 6) is 0. The maximum atomic E-state index is 12.4. The number of likely N-dealkylation sites (tertiary alicyclic amines) is 1. The minimum atomic E-state index is -3.38. The third-order valence-corrected chi connectivity index (χ3v) is 6.22. The molecule has 1 aromatic rings. The minimum Gasteiger partial charge on any atom is -0.312 e. The van der Waals surface area contributed by atoms with Gasteiger partial charge >= 0.3 is 0 Å². The van der Waals surface area contributed by atoms with Crippen LogP contribution >= 0.6 is 11.3 Å². The van der Waals surface area contributed by atoms with Crippen molar-refractivity contribution in [2.75, 3.05) is 32.7 Å². The summed E-state index contributed by atoms with van der Waals surface area (Å²) in [6.07, 6.45) is 3.50. The van der Waals surface area contributed by atoms with E-state index in [1.807, 2.05) is 5.38 Å². The highest BCUT2D eigenvalue weighted by Crippen LogP contribution is 2.21. The second-order valence-electron chi connectivity index (χ2n) is 5.33. The van der Waals surface area contributed by atoms with Gasteiger partial charge < -0.3 is 10.2 Å². The van der Waals surface area contributed by atoms with Gasteiger partial charge in [-0.15, -0.1) is 11.3 Å². The summed E-state index contributed by atoms with van der Waals surface area (Å²) in [5, 5.41) is 5.11. The summed E-state index contributed by atoms with van der Waals surface area (Å²) < 4.78 is 27.5. The Morgan fingerprint density at radius 2 is 2.05 bits per heavy atom. The molecule has 0 aliphatic carbocycles. The summed E-state index contributed by atoms with van der Waals surface area (Å²) in [5.41, 5.74) is 0. The monoisotopic (exact) mass is 331 g/mol. The molecule has 2 N–H and O–H groups in total. The Morgan fingerprint density at radius 1 is 1.29 bits per heavy atom. The summed E-state index contributed by atoms with van der Waals surface area (Å²) in [4.78, 5) is 3.62. The summed E-state index contributed by atoms with van der Waals surface area (Å²) >= 11 is 1.49. The number of hydrogen-bond donors (Lipinski definition) is 2. The molecule has 0 saturated carbocycles. The van der Waals surface area contributed by atoms with Crippen LogP contribution < -0.4 is 10.0 Å². The first-order valence-electron chi connectivity index (χ1n) is 7.62. The second-order valence-corrected chi connectivity index (χ2v) is 8.07. The van der Waals surface area contributed by atoms with Crippen LogP contribution in [0.4, 0.5) is 0 Å². The molecule has 21 heavy (non-hydrogen) atoms. The van der Waals surface area contributed by atoms with Crippen molar-refractivity contribution in [2.24, 2.45) is 0 Å². The lowest BCUT2D eigenvalue weighted by molar-refractivity contribution is 0.344. The smallest absolute Gasteiger partial charge is 0.241 e. The van der Waals surface area contributed by atoms with Crippen molar-refractivity contribution in [1.82, 2.24) is 14.9 Å². The van der Waals surface area contributed by atoms with E-state index in [0.717, 1.165) is 37.5 Å². The van der Waals surface area contributed by atoms with Crippen LogP contribution in [0.1, 0.15) is 31.1 Å². The summed E-state index contributed by atoms with van der Waals surface area (Å²) in [7, 11) is -3.38. The quantitative estimate of drug-likeness (QED) is 0.675. The second kappa shape index (κ2) is 8.24. The van der Waals surface area contributed by atoms with Crippen LogP contribution in [0, 0.1) is 0 Å². The SMILES string of the molecule is CCCNCc1sccc1S(=O)(=O)NCCN1CCCC1. The van der Waals surface area contributed by atoms with Crippen LogP contribution in [0.15, 0.2) is 16.3 Å². The molecule has 0 radical (unpaired) electrons. The highest BCUT2D eigenvalue weighted by atomic mass is 32.2. The Balaban J connectivity index is 1.87. The van der Waals surface area contributed by atoms with Gasteiger partial charge in [-0.25, -0.2) is 13.1 Å². The normalized spacial score (nSPS) is 16.6. The van der Waals surface area contributed by atoms with Gasteiger partial charge in [-0.05, 0) is 50.3 Å². The van der Waals surface area contributed by atoms with Crippen molar-refractivity contribution in [3.8, 4) is 0 Å². The van der Waals surface area contributed by atoms with E-state index in [-0.39, 0.29) is 0 Å². The molecular weight excluding hydrogens is 306 g/mol. The van der Waals surface area contributed by atoms with E-state index in [1.54, 1.807) is 6.07 Å². The molecule has 1 saturated heterocycles. The largest absolute Gasteiger partial charge is 0.312 e. The van der Waals surface area contributed by atoms with Gasteiger partial charge in [0.2, 0.25) is 10.0 Å². The molecule has 0 unspecified atom stereocenters. The number of nitrogens with zero attached hydrogens (tertiary/aromatic N) is 1. The van der Waals surface area contributed by atoms with E-state index in [1.165, 1.54) is 24.2 Å². The highest BCUT2D eigenvalue weighted by molar-refractivity contribution is 7.89. The average molecular weight is 332 g/mol. The van der Waals surface area contributed by atoms with E-state index in [2.05, 4.69) is 21.9 Å². The fourth-order valence-corrected chi connectivity index (χ4v) is 4.93. The predicted molar refractivity (Wildman–Crippen MR) is 87.2 cm³/mol. The molecule has 0 atom stereocenters. The van der Waals surface area contributed by atoms with E-state index in [4.69, 9.17) is 0 Å². The van der Waals surface area contributed by atoms with E-state index in [9.17, 15) is 8.42 Å². The highest BCUT2D eigenvalue weighted by Gasteiger charge is 2.20. The number of thiophene rings is 1. The van der Waals surface area contributed by atoms with Crippen LogP contribution in [-0.4, -0.2) is 46.0 Å². The van der Waals surface area contributed by atoms with Gasteiger partial charge in [0.25, 0.3) is 0 Å². The van der Waals surface area contributed by atoms with Gasteiger partial charge in [0.05, 0.1) is 4.90 Å². The topological polar surface area (TPSA) is 61.4 Å². The van der Waals surface area contributed by atoms with Gasteiger partial charge in [0, 0.05) is 24.5 Å². The molecule has 0 amide bonds. The Labute approximate surface area is 131 Å². The van der Waals surface area contributed by atoms with Gasteiger partial charge in [0.15, 0.2) is 0 Å². The van der Waals surface area contributed by atoms with Crippen molar-refractivity contribution < 1.29 is 8.42 Å². The molecule has 0 bridgehead atoms. The standard InChI is InChI=1S/C14H25N3O2S2/c1-2-6-15-12-13-14(5-11-20-13)21(18,19)16-7-10-17-8-3-4-9-17/h5,11,15-16H,2-4,6-10,12H2,1H3. The van der Waals surface area contributed by atoms with Crippen molar-refractivity contribution in [1.29, 1.82) is 0 Å². The molecule has 2 rings (SSSR count). The Morgan fingerprint density at radius 3 is 2.76 bits per heavy atom. The molecule has 1 aromatic heterocycles. The first-order chi connectivity index (χ1) is 10.1. The molecule has 1 aliphatic heterocycles. The number of sulfonamides is 1. The molecule has 0 spiro atoms. The molecule has 7 heteroatoms. The van der Waals surface area contributed by atoms with Crippen LogP contribution in [0.2, 0.25) is 0 Å². The number of rotatable bonds is 9. The summed E-state index contributed by atoms with van der Waals surface area (Å²) in [6.45, 7) is 7.08. The Bertz CT molecular complexity index is 522. The Kier molecular flexibility index (Phi) is 6.63. The van der Waals surface area contributed by atoms with Crippen molar-refractivity contribution in [3.63, 3.8) is 0 Å². The maximum absolute atomic E-state index is 12.4. The molecule has 2 heterocycles. The number of hydrogen-bond acceptors (Lipinski definition) is 5. The van der Waals surface area contributed by atoms with Crippen LogP contribution in [0.3, 0.4) is 0 Å². The first-order valence-corrected chi connectivity index (χ1v) is 9.99. The first kappa shape index (κ1) is 16.9. The lowest BCUT2D eigenvalue weighted by Gasteiger charge is -2.15. The molecule has 120 valence electrons. The van der Waals surface area contributed by atoms with Crippen LogP contribution in [0.5, 0.6) is 0 Å². The van der Waals surface area contributed by atoms with Gasteiger partial charge in [-0.2, -0.15) is 0 Å². The van der Waals surface area contributed by atoms with Crippen molar-refractivity contribution in [2.45, 2.75) is 37.6 Å². The van der Waals surface area contributed by atoms with Gasteiger partial charge in [-0.1, -0.05) is 6.92 Å². The van der Waals surface area contributed by atoms with Crippen molar-refractivity contribution >= 4 is 21.4 Å². The van der Waals surface area contributed by atoms with E-state index in [0.29, 0.717) is 18.0 Å². The van der Waals surface area contributed by atoms with E-state index >= 15 is 0 Å². The molecule has 5 nitrogen and oxygen atoms in total. The fraction of sp³-hybridized carbons (Fsp3) is 0.714. The third-order valence-electron chi connectivity index (χ3n) is 3.63. The molecule has 1 aliphatic rings. The van der Waals surface area contributed by atoms with E-state index < -0.39 is 10.0 Å². The fourth-order valence-electron chi connectivity index (χ4n) is 2.50.